The quantitative estimate of drug-likeness (QED) is 0.369. The lowest BCUT2D eigenvalue weighted by Gasteiger charge is -2.58. The number of ketones is 1. The summed E-state index contributed by atoms with van der Waals surface area (Å²) >= 11 is 0. The van der Waals surface area contributed by atoms with Gasteiger partial charge in [-0.3, -0.25) is 4.79 Å². The van der Waals surface area contributed by atoms with Crippen molar-refractivity contribution in [3.05, 3.63) is 12.2 Å². The van der Waals surface area contributed by atoms with Gasteiger partial charge in [-0.1, -0.05) is 26.8 Å². The van der Waals surface area contributed by atoms with Gasteiger partial charge < -0.3 is 15.6 Å². The fourth-order valence-electron chi connectivity index (χ4n) is 6.89. The van der Waals surface area contributed by atoms with E-state index in [9.17, 15) is 14.7 Å². The van der Waals surface area contributed by atoms with E-state index < -0.39 is 5.41 Å². The summed E-state index contributed by atoms with van der Waals surface area (Å²) in [5.41, 5.74) is 5.21. The van der Waals surface area contributed by atoms with E-state index >= 15 is 0 Å². The Balaban J connectivity index is 1.72. The second-order valence-electron chi connectivity index (χ2n) is 10.4. The van der Waals surface area contributed by atoms with Crippen LogP contribution in [0.2, 0.25) is 0 Å². The Hall–Kier alpha value is -1.20. The highest BCUT2D eigenvalue weighted by Gasteiger charge is 2.57. The van der Waals surface area contributed by atoms with E-state index in [1.54, 1.807) is 0 Å². The molecule has 0 saturated heterocycles. The first kappa shape index (κ1) is 23.5. The number of carbonyl (C=O) groups excluding carboxylic acids is 2. The average molecular weight is 420 g/mol. The van der Waals surface area contributed by atoms with E-state index in [4.69, 9.17) is 10.5 Å². The summed E-state index contributed by atoms with van der Waals surface area (Å²) in [6.45, 7) is 7.43. The molecule has 0 aliphatic heterocycles. The third kappa shape index (κ3) is 4.38. The van der Waals surface area contributed by atoms with Crippen LogP contribution in [-0.2, 0) is 14.3 Å². The molecule has 0 amide bonds. The minimum atomic E-state index is -0.415. The van der Waals surface area contributed by atoms with Crippen molar-refractivity contribution >= 4 is 11.8 Å². The van der Waals surface area contributed by atoms with Crippen LogP contribution in [-0.4, -0.2) is 36.1 Å². The van der Waals surface area contributed by atoms with Crippen LogP contribution in [0.3, 0.4) is 0 Å². The molecule has 3 fully saturated rings. The van der Waals surface area contributed by atoms with Crippen LogP contribution in [0.1, 0.15) is 78.6 Å². The van der Waals surface area contributed by atoms with E-state index in [0.29, 0.717) is 37.2 Å². The van der Waals surface area contributed by atoms with Gasteiger partial charge in [0.15, 0.2) is 0 Å². The number of hydrogen-bond donors (Lipinski definition) is 2. The molecule has 0 spiro atoms. The molecule has 30 heavy (non-hydrogen) atoms. The molecule has 3 aliphatic rings. The molecular weight excluding hydrogens is 378 g/mol. The van der Waals surface area contributed by atoms with Gasteiger partial charge in [0.25, 0.3) is 0 Å². The number of nitrogens with two attached hydrogens (primary N) is 1. The van der Waals surface area contributed by atoms with Crippen LogP contribution < -0.4 is 5.73 Å². The minimum absolute atomic E-state index is 0.0479. The second-order valence-corrected chi connectivity index (χ2v) is 10.4. The zero-order valence-corrected chi connectivity index (χ0v) is 19.1. The van der Waals surface area contributed by atoms with Crippen molar-refractivity contribution in [1.82, 2.24) is 0 Å². The van der Waals surface area contributed by atoms with Crippen LogP contribution in [0.25, 0.3) is 0 Å². The summed E-state index contributed by atoms with van der Waals surface area (Å²) in [7, 11) is 0. The van der Waals surface area contributed by atoms with Crippen molar-refractivity contribution in [2.45, 2.75) is 84.7 Å². The maximum Gasteiger partial charge on any atom is 0.330 e. The molecule has 5 nitrogen and oxygen atoms in total. The molecule has 3 saturated carbocycles. The lowest BCUT2D eigenvalue weighted by Crippen LogP contribution is -2.55. The van der Waals surface area contributed by atoms with Gasteiger partial charge in [0.05, 0.1) is 12.7 Å². The van der Waals surface area contributed by atoms with E-state index in [1.807, 2.05) is 6.08 Å². The summed E-state index contributed by atoms with van der Waals surface area (Å²) < 4.78 is 5.18. The molecule has 3 aliphatic carbocycles. The van der Waals surface area contributed by atoms with Gasteiger partial charge >= 0.3 is 5.97 Å². The van der Waals surface area contributed by atoms with Crippen molar-refractivity contribution in [1.29, 1.82) is 0 Å². The Morgan fingerprint density at radius 1 is 1.27 bits per heavy atom. The Bertz CT molecular complexity index is 662. The maximum atomic E-state index is 13.8. The standard InChI is InChI=1S/C25H41NO4/c1-4-17(7-9-22(28)30-15-5-14-26)25(3)13-11-21-20(23(25)29)8-6-18-16-19(27)10-12-24(18,21)2/h7,9,17-21,27H,4-6,8,10-16,26H2,1-3H3/b9-7+/t17-,18+,19-,20?,21?,24-,25+/m0/s1. The van der Waals surface area contributed by atoms with E-state index in [0.717, 1.165) is 51.4 Å². The van der Waals surface area contributed by atoms with E-state index in [1.165, 1.54) is 6.08 Å². The number of allylic oxidation sites excluding steroid dienone is 1. The number of aliphatic hydroxyl groups is 1. The zero-order valence-electron chi connectivity index (χ0n) is 19.1. The summed E-state index contributed by atoms with van der Waals surface area (Å²) in [5.74, 6) is 1.21. The molecule has 0 aromatic carbocycles. The van der Waals surface area contributed by atoms with Crippen LogP contribution in [0.4, 0.5) is 0 Å². The normalized spacial score (nSPS) is 40.0. The molecule has 3 rings (SSSR count). The van der Waals surface area contributed by atoms with Gasteiger partial charge in [0, 0.05) is 17.4 Å². The Morgan fingerprint density at radius 3 is 2.73 bits per heavy atom. The van der Waals surface area contributed by atoms with Crippen molar-refractivity contribution in [2.75, 3.05) is 13.2 Å². The van der Waals surface area contributed by atoms with Crippen molar-refractivity contribution < 1.29 is 19.4 Å². The predicted molar refractivity (Wildman–Crippen MR) is 118 cm³/mol. The van der Waals surface area contributed by atoms with Crippen molar-refractivity contribution in [3.63, 3.8) is 0 Å². The Labute approximate surface area is 181 Å². The number of esters is 1. The minimum Gasteiger partial charge on any atom is -0.462 e. The predicted octanol–water partition coefficient (Wildman–Crippen LogP) is 4.02. The maximum absolute atomic E-state index is 13.8. The lowest BCUT2D eigenvalue weighted by molar-refractivity contribution is -0.156. The molecule has 0 heterocycles. The first-order chi connectivity index (χ1) is 14.3. The second kappa shape index (κ2) is 9.52. The molecule has 0 radical (unpaired) electrons. The van der Waals surface area contributed by atoms with Gasteiger partial charge in [-0.2, -0.15) is 0 Å². The third-order valence-corrected chi connectivity index (χ3v) is 8.85. The molecule has 170 valence electrons. The average Bonchev–Trinajstić information content (AvgIpc) is 2.72. The Kier molecular flexibility index (Phi) is 7.44. The smallest absolute Gasteiger partial charge is 0.330 e. The number of Topliss-reactive ketones (excluding diaryl/α,β-unsaturated/α-hetero) is 1. The molecule has 0 aromatic heterocycles. The first-order valence-electron chi connectivity index (χ1n) is 12.0. The molecule has 3 N–H and O–H groups in total. The fraction of sp³-hybridized carbons (Fsp3) is 0.840. The summed E-state index contributed by atoms with van der Waals surface area (Å²) in [4.78, 5) is 25.8. The van der Waals surface area contributed by atoms with Gasteiger partial charge in [-0.05, 0) is 87.5 Å². The Morgan fingerprint density at radius 2 is 2.03 bits per heavy atom. The van der Waals surface area contributed by atoms with Gasteiger partial charge in [0.2, 0.25) is 0 Å². The van der Waals surface area contributed by atoms with Crippen LogP contribution in [0.15, 0.2) is 12.2 Å². The fourth-order valence-corrected chi connectivity index (χ4v) is 6.89. The lowest BCUT2D eigenvalue weighted by atomic mass is 9.46. The zero-order chi connectivity index (χ0) is 21.9. The van der Waals surface area contributed by atoms with Gasteiger partial charge in [-0.25, -0.2) is 4.79 Å². The van der Waals surface area contributed by atoms with Crippen LogP contribution in [0.5, 0.6) is 0 Å². The number of hydrogen-bond acceptors (Lipinski definition) is 5. The molecule has 0 bridgehead atoms. The van der Waals surface area contributed by atoms with Gasteiger partial charge in [-0.15, -0.1) is 0 Å². The largest absolute Gasteiger partial charge is 0.462 e. The number of aliphatic hydroxyl groups excluding tert-OH is 1. The molecule has 5 heteroatoms. The summed E-state index contributed by atoms with van der Waals surface area (Å²) in [6.07, 6.45) is 11.5. The number of carbonyl (C=O) groups is 2. The summed E-state index contributed by atoms with van der Waals surface area (Å²) in [6, 6.07) is 0. The molecular formula is C25H41NO4. The highest BCUT2D eigenvalue weighted by Crippen LogP contribution is 2.61. The SMILES string of the molecule is CC[C@@H](/C=C/C(=O)OCCCN)[C@@]1(C)CCC2C(CC[C@@H]3C[C@@H](O)CC[C@]23C)C1=O. The molecule has 0 aromatic rings. The van der Waals surface area contributed by atoms with Crippen molar-refractivity contribution in [3.8, 4) is 0 Å². The highest BCUT2D eigenvalue weighted by molar-refractivity contribution is 5.89. The monoisotopic (exact) mass is 419 g/mol. The van der Waals surface area contributed by atoms with Crippen LogP contribution >= 0.6 is 0 Å². The van der Waals surface area contributed by atoms with Crippen LogP contribution in [0, 0.1) is 34.5 Å². The first-order valence-corrected chi connectivity index (χ1v) is 12.0. The van der Waals surface area contributed by atoms with Crippen molar-refractivity contribution in [2.24, 2.45) is 40.2 Å². The highest BCUT2D eigenvalue weighted by atomic mass is 16.5. The summed E-state index contributed by atoms with van der Waals surface area (Å²) in [5, 5.41) is 10.2. The number of ether oxygens (including phenoxy) is 1. The third-order valence-electron chi connectivity index (χ3n) is 8.85. The molecule has 7 atom stereocenters. The molecule has 2 unspecified atom stereocenters. The van der Waals surface area contributed by atoms with Gasteiger partial charge in [0.1, 0.15) is 5.78 Å². The van der Waals surface area contributed by atoms with E-state index in [-0.39, 0.29) is 29.3 Å². The topological polar surface area (TPSA) is 89.6 Å². The number of fused-ring (bicyclic) bond motifs is 3. The number of rotatable bonds is 7. The van der Waals surface area contributed by atoms with E-state index in [2.05, 4.69) is 20.8 Å².